The van der Waals surface area contributed by atoms with E-state index in [2.05, 4.69) is 10.2 Å². The molecular formula is C9H16N4O. The Morgan fingerprint density at radius 1 is 1.71 bits per heavy atom. The van der Waals surface area contributed by atoms with Crippen LogP contribution in [0.25, 0.3) is 0 Å². The predicted molar refractivity (Wildman–Crippen MR) is 53.3 cm³/mol. The van der Waals surface area contributed by atoms with E-state index < -0.39 is 5.54 Å². The maximum absolute atomic E-state index is 11.7. The summed E-state index contributed by atoms with van der Waals surface area (Å²) in [5.74, 6) is -0.0845. The molecule has 0 saturated carbocycles. The Balaban J connectivity index is 2.59. The highest BCUT2D eigenvalue weighted by atomic mass is 16.2. The minimum absolute atomic E-state index is 0.0845. The third-order valence-corrected chi connectivity index (χ3v) is 1.87. The summed E-state index contributed by atoms with van der Waals surface area (Å²) in [6, 6.07) is 0. The van der Waals surface area contributed by atoms with E-state index >= 15 is 0 Å². The van der Waals surface area contributed by atoms with Crippen LogP contribution in [0.1, 0.15) is 19.4 Å². The van der Waals surface area contributed by atoms with E-state index in [-0.39, 0.29) is 5.91 Å². The van der Waals surface area contributed by atoms with Crippen LogP contribution in [0.2, 0.25) is 0 Å². The number of nitrogens with two attached hydrogens (primary N) is 1. The zero-order valence-corrected chi connectivity index (χ0v) is 8.74. The van der Waals surface area contributed by atoms with Crippen molar-refractivity contribution < 1.29 is 4.79 Å². The highest BCUT2D eigenvalue weighted by Crippen LogP contribution is 2.06. The van der Waals surface area contributed by atoms with Crippen LogP contribution in [-0.4, -0.2) is 33.6 Å². The molecule has 0 spiro atoms. The number of likely N-dealkylation sites (N-methyl/N-ethyl adjacent to an activating group) is 1. The molecule has 78 valence electrons. The third kappa shape index (κ3) is 2.56. The van der Waals surface area contributed by atoms with Crippen molar-refractivity contribution in [2.45, 2.75) is 25.9 Å². The summed E-state index contributed by atoms with van der Waals surface area (Å²) in [5.41, 5.74) is 5.84. The quantitative estimate of drug-likeness (QED) is 0.720. The largest absolute Gasteiger partial charge is 0.340 e. The Labute approximate surface area is 83.3 Å². The van der Waals surface area contributed by atoms with Crippen LogP contribution in [0.5, 0.6) is 0 Å². The average Bonchev–Trinajstić information content (AvgIpc) is 2.53. The van der Waals surface area contributed by atoms with Crippen molar-refractivity contribution in [3.8, 4) is 0 Å². The second-order valence-electron chi connectivity index (χ2n) is 3.99. The number of nitrogens with zero attached hydrogens (tertiary/aromatic N) is 2. The lowest BCUT2D eigenvalue weighted by Crippen LogP contribution is -2.49. The first-order valence-electron chi connectivity index (χ1n) is 4.43. The van der Waals surface area contributed by atoms with Crippen molar-refractivity contribution in [1.29, 1.82) is 0 Å². The molecule has 0 saturated heterocycles. The normalized spacial score (nSPS) is 11.4. The van der Waals surface area contributed by atoms with Gasteiger partial charge in [-0.1, -0.05) is 0 Å². The fraction of sp³-hybridized carbons (Fsp3) is 0.556. The molecule has 1 aromatic rings. The fourth-order valence-electron chi connectivity index (χ4n) is 1.20. The minimum Gasteiger partial charge on any atom is -0.340 e. The molecule has 0 unspecified atom stereocenters. The van der Waals surface area contributed by atoms with Crippen molar-refractivity contribution in [3.63, 3.8) is 0 Å². The number of hydrogen-bond donors (Lipinski definition) is 2. The number of hydrogen-bond acceptors (Lipinski definition) is 3. The van der Waals surface area contributed by atoms with E-state index in [4.69, 9.17) is 5.73 Å². The molecule has 0 aromatic carbocycles. The lowest BCUT2D eigenvalue weighted by molar-refractivity contribution is -0.134. The molecule has 14 heavy (non-hydrogen) atoms. The van der Waals surface area contributed by atoms with Crippen LogP contribution in [0, 0.1) is 0 Å². The topological polar surface area (TPSA) is 75.0 Å². The van der Waals surface area contributed by atoms with Gasteiger partial charge in [0.05, 0.1) is 11.7 Å². The van der Waals surface area contributed by atoms with E-state index in [1.807, 2.05) is 0 Å². The minimum atomic E-state index is -0.821. The van der Waals surface area contributed by atoms with Crippen molar-refractivity contribution in [2.75, 3.05) is 7.05 Å². The van der Waals surface area contributed by atoms with E-state index in [0.29, 0.717) is 6.54 Å². The second kappa shape index (κ2) is 3.79. The molecule has 5 heteroatoms. The lowest BCUT2D eigenvalue weighted by Gasteiger charge is -2.25. The van der Waals surface area contributed by atoms with Gasteiger partial charge >= 0.3 is 0 Å². The van der Waals surface area contributed by atoms with E-state index in [0.717, 1.165) is 5.56 Å². The van der Waals surface area contributed by atoms with Gasteiger partial charge in [0.15, 0.2) is 0 Å². The number of carbonyl (C=O) groups excluding carboxylic acids is 1. The molecule has 0 aliphatic carbocycles. The average molecular weight is 196 g/mol. The van der Waals surface area contributed by atoms with Crippen molar-refractivity contribution in [1.82, 2.24) is 15.1 Å². The molecule has 0 bridgehead atoms. The summed E-state index contributed by atoms with van der Waals surface area (Å²) < 4.78 is 0. The summed E-state index contributed by atoms with van der Waals surface area (Å²) in [6.45, 7) is 3.92. The maximum atomic E-state index is 11.7. The molecule has 0 aliphatic heterocycles. The number of H-pyrrole nitrogens is 1. The molecule has 1 aromatic heterocycles. The number of aromatic amines is 1. The van der Waals surface area contributed by atoms with Gasteiger partial charge in [0, 0.05) is 25.4 Å². The van der Waals surface area contributed by atoms with Crippen LogP contribution < -0.4 is 5.73 Å². The highest BCUT2D eigenvalue weighted by Gasteiger charge is 2.25. The molecule has 1 rings (SSSR count). The van der Waals surface area contributed by atoms with Gasteiger partial charge < -0.3 is 10.6 Å². The molecular weight excluding hydrogens is 180 g/mol. The van der Waals surface area contributed by atoms with Crippen LogP contribution in [0.4, 0.5) is 0 Å². The summed E-state index contributed by atoms with van der Waals surface area (Å²) in [6.07, 6.45) is 3.45. The predicted octanol–water partition coefficient (Wildman–Crippen LogP) is 0.105. The van der Waals surface area contributed by atoms with Crippen LogP contribution in [-0.2, 0) is 11.3 Å². The van der Waals surface area contributed by atoms with Gasteiger partial charge in [0.25, 0.3) is 0 Å². The molecule has 1 heterocycles. The first-order chi connectivity index (χ1) is 6.41. The molecule has 0 aliphatic rings. The second-order valence-corrected chi connectivity index (χ2v) is 3.99. The fourth-order valence-corrected chi connectivity index (χ4v) is 1.20. The summed E-state index contributed by atoms with van der Waals surface area (Å²) in [7, 11) is 1.73. The van der Waals surface area contributed by atoms with Gasteiger partial charge in [-0.3, -0.25) is 9.89 Å². The van der Waals surface area contributed by atoms with Gasteiger partial charge in [-0.25, -0.2) is 0 Å². The summed E-state index contributed by atoms with van der Waals surface area (Å²) in [4.78, 5) is 13.2. The van der Waals surface area contributed by atoms with E-state index in [1.54, 1.807) is 38.2 Å². The van der Waals surface area contributed by atoms with Crippen molar-refractivity contribution >= 4 is 5.91 Å². The molecule has 0 radical (unpaired) electrons. The lowest BCUT2D eigenvalue weighted by atomic mass is 10.1. The first-order valence-corrected chi connectivity index (χ1v) is 4.43. The van der Waals surface area contributed by atoms with Crippen LogP contribution in [0.3, 0.4) is 0 Å². The number of aromatic nitrogens is 2. The molecule has 3 N–H and O–H groups in total. The molecule has 5 nitrogen and oxygen atoms in total. The Bertz CT molecular complexity index is 299. The zero-order valence-electron chi connectivity index (χ0n) is 8.74. The Morgan fingerprint density at radius 3 is 2.79 bits per heavy atom. The number of nitrogens with one attached hydrogen (secondary N) is 1. The molecule has 0 atom stereocenters. The first kappa shape index (κ1) is 10.7. The van der Waals surface area contributed by atoms with Crippen molar-refractivity contribution in [2.24, 2.45) is 5.73 Å². The van der Waals surface area contributed by atoms with Crippen LogP contribution in [0.15, 0.2) is 12.4 Å². The zero-order chi connectivity index (χ0) is 10.8. The van der Waals surface area contributed by atoms with E-state index in [1.165, 1.54) is 0 Å². The maximum Gasteiger partial charge on any atom is 0.242 e. The van der Waals surface area contributed by atoms with Gasteiger partial charge in [-0.05, 0) is 13.8 Å². The molecule has 0 fully saturated rings. The standard InChI is InChI=1S/C9H16N4O/c1-9(2,10)8(14)13(3)6-7-4-11-12-5-7/h4-5H,6,10H2,1-3H3,(H,11,12). The third-order valence-electron chi connectivity index (χ3n) is 1.87. The van der Waals surface area contributed by atoms with Gasteiger partial charge in [-0.15, -0.1) is 0 Å². The van der Waals surface area contributed by atoms with Crippen molar-refractivity contribution in [3.05, 3.63) is 18.0 Å². The van der Waals surface area contributed by atoms with Gasteiger partial charge in [-0.2, -0.15) is 5.10 Å². The monoisotopic (exact) mass is 196 g/mol. The summed E-state index contributed by atoms with van der Waals surface area (Å²) >= 11 is 0. The number of carbonyl (C=O) groups is 1. The van der Waals surface area contributed by atoms with Gasteiger partial charge in [0.1, 0.15) is 0 Å². The Kier molecular flexibility index (Phi) is 2.90. The Hall–Kier alpha value is -1.36. The molecule has 1 amide bonds. The van der Waals surface area contributed by atoms with E-state index in [9.17, 15) is 4.79 Å². The summed E-state index contributed by atoms with van der Waals surface area (Å²) in [5, 5.41) is 6.50. The Morgan fingerprint density at radius 2 is 2.36 bits per heavy atom. The SMILES string of the molecule is CN(Cc1cn[nH]c1)C(=O)C(C)(C)N. The number of amides is 1. The van der Waals surface area contributed by atoms with Gasteiger partial charge in [0.2, 0.25) is 5.91 Å². The highest BCUT2D eigenvalue weighted by molar-refractivity contribution is 5.84. The smallest absolute Gasteiger partial charge is 0.242 e. The number of rotatable bonds is 3. The van der Waals surface area contributed by atoms with Crippen LogP contribution >= 0.6 is 0 Å².